The maximum absolute atomic E-state index is 16.9. The molecule has 3 saturated heterocycles. The van der Waals surface area contributed by atoms with Gasteiger partial charge in [0.15, 0.2) is 11.6 Å². The van der Waals surface area contributed by atoms with Crippen LogP contribution in [-0.2, 0) is 4.79 Å². The molecule has 51 heavy (non-hydrogen) atoms. The maximum Gasteiger partial charge on any atom is 0.319 e. The van der Waals surface area contributed by atoms with Crippen molar-refractivity contribution in [2.45, 2.75) is 43.9 Å². The number of nitrogens with zero attached hydrogens (tertiary/aromatic N) is 7. The Morgan fingerprint density at radius 2 is 2.00 bits per heavy atom. The van der Waals surface area contributed by atoms with E-state index in [0.29, 0.717) is 45.7 Å². The van der Waals surface area contributed by atoms with Gasteiger partial charge in [0, 0.05) is 79.0 Å². The summed E-state index contributed by atoms with van der Waals surface area (Å²) in [5, 5.41) is 4.01. The van der Waals surface area contributed by atoms with Crippen LogP contribution in [0.15, 0.2) is 60.0 Å². The first-order valence-corrected chi connectivity index (χ1v) is 17.8. The molecule has 0 bridgehead atoms. The zero-order chi connectivity index (χ0) is 35.3. The Hall–Kier alpha value is -5.06. The summed E-state index contributed by atoms with van der Waals surface area (Å²) in [6.07, 6.45) is 11.2. The molecule has 8 rings (SSSR count). The van der Waals surface area contributed by atoms with Crippen molar-refractivity contribution in [2.75, 3.05) is 44.2 Å². The Balaban J connectivity index is 1.18. The van der Waals surface area contributed by atoms with Gasteiger partial charge in [-0.15, -0.1) is 17.8 Å². The van der Waals surface area contributed by atoms with Crippen molar-refractivity contribution >= 4 is 50.8 Å². The monoisotopic (exact) mass is 709 g/mol. The van der Waals surface area contributed by atoms with Gasteiger partial charge in [0.25, 0.3) is 5.91 Å². The first kappa shape index (κ1) is 33.1. The van der Waals surface area contributed by atoms with E-state index in [-0.39, 0.29) is 49.5 Å². The molecule has 2 aromatic carbocycles. The van der Waals surface area contributed by atoms with Gasteiger partial charge in [-0.2, -0.15) is 9.97 Å². The van der Waals surface area contributed by atoms with E-state index in [2.05, 4.69) is 25.8 Å². The molecular weight excluding hydrogens is 676 g/mol. The molecular formula is C38H34F3N7O2S. The molecule has 1 amide bonds. The van der Waals surface area contributed by atoms with E-state index in [1.807, 2.05) is 36.1 Å². The van der Waals surface area contributed by atoms with Crippen molar-refractivity contribution in [2.24, 2.45) is 0 Å². The van der Waals surface area contributed by atoms with E-state index in [9.17, 15) is 13.6 Å². The highest BCUT2D eigenvalue weighted by atomic mass is 32.1. The largest absolute Gasteiger partial charge is 0.461 e. The van der Waals surface area contributed by atoms with Crippen LogP contribution in [0.1, 0.15) is 36.8 Å². The molecule has 0 aliphatic carbocycles. The number of pyridine rings is 1. The first-order valence-electron chi connectivity index (χ1n) is 16.9. The summed E-state index contributed by atoms with van der Waals surface area (Å²) < 4.78 is 52.7. The van der Waals surface area contributed by atoms with E-state index in [0.717, 1.165) is 30.8 Å². The zero-order valence-corrected chi connectivity index (χ0v) is 28.7. The third-order valence-corrected chi connectivity index (χ3v) is 11.0. The SMILES string of the molecule is C#Cc1cccc2cccc(-c3ncc4c(N5CCN(C(=O)/C(F)=C/c6nccs6)C[C@@H]5C)nc(OC[C@@]56CCCN5C[C@H](F)C6)nc4c3F)c12. The van der Waals surface area contributed by atoms with Crippen LogP contribution in [0.25, 0.3) is 39.0 Å². The van der Waals surface area contributed by atoms with Gasteiger partial charge < -0.3 is 14.5 Å². The van der Waals surface area contributed by atoms with Gasteiger partial charge in [0.1, 0.15) is 34.8 Å². The molecule has 6 heterocycles. The number of carbonyl (C=O) groups is 1. The third-order valence-electron chi connectivity index (χ3n) is 10.3. The second kappa shape index (κ2) is 13.2. The average Bonchev–Trinajstić information content (AvgIpc) is 3.86. The van der Waals surface area contributed by atoms with Crippen LogP contribution in [0.3, 0.4) is 0 Å². The number of piperazine rings is 1. The number of hydrogen-bond donors (Lipinski definition) is 0. The number of benzene rings is 2. The number of fused-ring (bicyclic) bond motifs is 3. The molecule has 3 atom stereocenters. The lowest BCUT2D eigenvalue weighted by molar-refractivity contribution is -0.129. The maximum atomic E-state index is 16.9. The first-order chi connectivity index (χ1) is 24.7. The van der Waals surface area contributed by atoms with Crippen LogP contribution >= 0.6 is 11.3 Å². The van der Waals surface area contributed by atoms with Crippen molar-refractivity contribution in [1.29, 1.82) is 0 Å². The lowest BCUT2D eigenvalue weighted by atomic mass is 9.95. The minimum absolute atomic E-state index is 0.00823. The van der Waals surface area contributed by atoms with Crippen LogP contribution in [0.4, 0.5) is 19.0 Å². The van der Waals surface area contributed by atoms with Crippen molar-refractivity contribution in [1.82, 2.24) is 29.7 Å². The highest BCUT2D eigenvalue weighted by Crippen LogP contribution is 2.41. The molecule has 0 radical (unpaired) electrons. The van der Waals surface area contributed by atoms with Crippen molar-refractivity contribution < 1.29 is 22.7 Å². The predicted molar refractivity (Wildman–Crippen MR) is 191 cm³/mol. The molecule has 0 saturated carbocycles. The molecule has 0 unspecified atom stereocenters. The van der Waals surface area contributed by atoms with Gasteiger partial charge in [0.05, 0.1) is 10.9 Å². The molecule has 260 valence electrons. The molecule has 3 aliphatic heterocycles. The Labute approximate surface area is 296 Å². The summed E-state index contributed by atoms with van der Waals surface area (Å²) in [6, 6.07) is 10.7. The molecule has 9 nitrogen and oxygen atoms in total. The third kappa shape index (κ3) is 5.96. The normalized spacial score (nSPS) is 22.5. The highest BCUT2D eigenvalue weighted by molar-refractivity contribution is 7.10. The number of halogens is 3. The number of alkyl halides is 1. The lowest BCUT2D eigenvalue weighted by Gasteiger charge is -2.40. The number of terminal acetylenes is 1. The quantitative estimate of drug-likeness (QED) is 0.141. The molecule has 3 aromatic heterocycles. The molecule has 5 aromatic rings. The van der Waals surface area contributed by atoms with Gasteiger partial charge >= 0.3 is 6.01 Å². The van der Waals surface area contributed by atoms with Crippen molar-refractivity contribution in [3.63, 3.8) is 0 Å². The van der Waals surface area contributed by atoms with Crippen LogP contribution in [0, 0.1) is 18.2 Å². The molecule has 13 heteroatoms. The van der Waals surface area contributed by atoms with Gasteiger partial charge in [-0.1, -0.05) is 36.3 Å². The number of thiazole rings is 1. The number of anilines is 1. The summed E-state index contributed by atoms with van der Waals surface area (Å²) in [5.41, 5.74) is 0.753. The second-order valence-corrected chi connectivity index (χ2v) is 14.3. The molecule has 3 aliphatic rings. The van der Waals surface area contributed by atoms with E-state index in [4.69, 9.17) is 16.1 Å². The summed E-state index contributed by atoms with van der Waals surface area (Å²) in [6.45, 7) is 3.87. The summed E-state index contributed by atoms with van der Waals surface area (Å²) in [7, 11) is 0. The molecule has 0 N–H and O–H groups in total. The van der Waals surface area contributed by atoms with Crippen LogP contribution in [-0.4, -0.2) is 92.7 Å². The van der Waals surface area contributed by atoms with Gasteiger partial charge in [-0.05, 0) is 37.8 Å². The van der Waals surface area contributed by atoms with Crippen molar-refractivity contribution in [3.8, 4) is 29.6 Å². The smallest absolute Gasteiger partial charge is 0.319 e. The number of hydrogen-bond acceptors (Lipinski definition) is 9. The fourth-order valence-electron chi connectivity index (χ4n) is 7.88. The fourth-order valence-corrected chi connectivity index (χ4v) is 8.44. The Morgan fingerprint density at radius 3 is 2.78 bits per heavy atom. The number of aromatic nitrogens is 4. The van der Waals surface area contributed by atoms with Crippen LogP contribution in [0.5, 0.6) is 6.01 Å². The standard InChI is InChI=1S/C38H34F3N7O2S/c1-3-24-7-4-8-25-9-5-10-27(31(24)25)33-32(41)34-28(19-43-33)35(45-37(44-34)50-22-38-11-6-13-47(38)21-26(39)18-38)48-15-14-46(20-23(48)2)36(49)29(40)17-30-42-12-16-51-30/h1,4-5,7-10,12,16-17,19,23,26H,6,11,13-15,18,20-22H2,2H3/b29-17-/t23-,26+,38-/m0/s1. The number of carbonyl (C=O) groups excluding carboxylic acids is 1. The summed E-state index contributed by atoms with van der Waals surface area (Å²) in [5.74, 6) is 0.800. The van der Waals surface area contributed by atoms with Gasteiger partial charge in [-0.25, -0.2) is 18.2 Å². The average molecular weight is 710 g/mol. The van der Waals surface area contributed by atoms with Crippen LogP contribution < -0.4 is 9.64 Å². The minimum atomic E-state index is -0.942. The Morgan fingerprint density at radius 1 is 1.16 bits per heavy atom. The second-order valence-electron chi connectivity index (χ2n) is 13.4. The fraction of sp³-hybridized carbons (Fsp3) is 0.342. The lowest BCUT2D eigenvalue weighted by Crippen LogP contribution is -2.54. The topological polar surface area (TPSA) is 87.6 Å². The van der Waals surface area contributed by atoms with E-state index in [1.54, 1.807) is 29.9 Å². The minimum Gasteiger partial charge on any atom is -0.461 e. The van der Waals surface area contributed by atoms with Crippen LogP contribution in [0.2, 0.25) is 0 Å². The number of rotatable bonds is 7. The molecule has 0 spiro atoms. The van der Waals surface area contributed by atoms with E-state index in [1.165, 1.54) is 16.2 Å². The van der Waals surface area contributed by atoms with Crippen molar-refractivity contribution in [3.05, 3.63) is 76.4 Å². The van der Waals surface area contributed by atoms with Gasteiger partial charge in [0.2, 0.25) is 0 Å². The zero-order valence-electron chi connectivity index (χ0n) is 27.9. The van der Waals surface area contributed by atoms with E-state index < -0.39 is 29.3 Å². The number of amides is 1. The summed E-state index contributed by atoms with van der Waals surface area (Å²) in [4.78, 5) is 36.6. The number of ether oxygens (including phenoxy) is 1. The predicted octanol–water partition coefficient (Wildman–Crippen LogP) is 6.42. The Bertz CT molecular complexity index is 2220. The highest BCUT2D eigenvalue weighted by Gasteiger charge is 2.49. The van der Waals surface area contributed by atoms with E-state index >= 15 is 4.39 Å². The summed E-state index contributed by atoms with van der Waals surface area (Å²) >= 11 is 1.24. The molecule has 3 fully saturated rings. The van der Waals surface area contributed by atoms with Gasteiger partial charge in [-0.3, -0.25) is 14.7 Å². The Kier molecular flexibility index (Phi) is 8.60.